The highest BCUT2D eigenvalue weighted by atomic mass is 35.5. The van der Waals surface area contributed by atoms with Crippen LogP contribution in [0.1, 0.15) is 11.4 Å². The molecule has 0 bridgehead atoms. The van der Waals surface area contributed by atoms with Gasteiger partial charge < -0.3 is 4.90 Å². The first-order chi connectivity index (χ1) is 8.65. The highest BCUT2D eigenvalue weighted by Gasteiger charge is 2.11. The second-order valence-corrected chi connectivity index (χ2v) is 4.42. The van der Waals surface area contributed by atoms with Gasteiger partial charge in [0.05, 0.1) is 13.0 Å². The van der Waals surface area contributed by atoms with Crippen molar-refractivity contribution in [1.82, 2.24) is 20.1 Å². The number of carbonyl (C=O) groups excluding carboxylic acids is 1. The van der Waals surface area contributed by atoms with Crippen LogP contribution >= 0.6 is 11.6 Å². The maximum absolute atomic E-state index is 12.0. The molecule has 0 aliphatic rings. The largest absolute Gasteiger partial charge is 0.338 e. The Morgan fingerprint density at radius 2 is 2.11 bits per heavy atom. The van der Waals surface area contributed by atoms with Crippen LogP contribution in [0.3, 0.4) is 0 Å². The lowest BCUT2D eigenvalue weighted by Crippen LogP contribution is -2.28. The van der Waals surface area contributed by atoms with Crippen LogP contribution in [0.15, 0.2) is 30.6 Å². The van der Waals surface area contributed by atoms with Gasteiger partial charge in [-0.15, -0.1) is 0 Å². The minimum absolute atomic E-state index is 0.0220. The predicted octanol–water partition coefficient (Wildman–Crippen LogP) is 1.66. The summed E-state index contributed by atoms with van der Waals surface area (Å²) in [6, 6.07) is 7.26. The lowest BCUT2D eigenvalue weighted by Gasteiger charge is -2.15. The first kappa shape index (κ1) is 12.6. The van der Waals surface area contributed by atoms with Gasteiger partial charge in [0.2, 0.25) is 5.91 Å². The van der Waals surface area contributed by atoms with Crippen LogP contribution in [0.4, 0.5) is 0 Å². The molecular formula is C12H13ClN4O. The van der Waals surface area contributed by atoms with Gasteiger partial charge in [-0.1, -0.05) is 23.7 Å². The van der Waals surface area contributed by atoms with Gasteiger partial charge in [-0.25, -0.2) is 4.98 Å². The van der Waals surface area contributed by atoms with Crippen molar-refractivity contribution in [3.8, 4) is 0 Å². The van der Waals surface area contributed by atoms with Gasteiger partial charge in [0.15, 0.2) is 0 Å². The Morgan fingerprint density at radius 3 is 2.72 bits per heavy atom. The van der Waals surface area contributed by atoms with Crippen molar-refractivity contribution in [2.45, 2.75) is 13.0 Å². The van der Waals surface area contributed by atoms with E-state index in [2.05, 4.69) is 15.2 Å². The van der Waals surface area contributed by atoms with Gasteiger partial charge in [-0.3, -0.25) is 9.89 Å². The van der Waals surface area contributed by atoms with Gasteiger partial charge in [-0.2, -0.15) is 5.10 Å². The fraction of sp³-hybridized carbons (Fsp3) is 0.250. The van der Waals surface area contributed by atoms with Crippen molar-refractivity contribution in [3.63, 3.8) is 0 Å². The molecule has 1 amide bonds. The van der Waals surface area contributed by atoms with Crippen LogP contribution in [0.5, 0.6) is 0 Å². The summed E-state index contributed by atoms with van der Waals surface area (Å²) >= 11 is 5.79. The van der Waals surface area contributed by atoms with E-state index < -0.39 is 0 Å². The van der Waals surface area contributed by atoms with Crippen molar-refractivity contribution >= 4 is 17.5 Å². The van der Waals surface area contributed by atoms with Crippen LogP contribution in [-0.4, -0.2) is 33.0 Å². The summed E-state index contributed by atoms with van der Waals surface area (Å²) in [5.74, 6) is 0.690. The Bertz CT molecular complexity index is 509. The van der Waals surface area contributed by atoms with E-state index in [4.69, 9.17) is 11.6 Å². The van der Waals surface area contributed by atoms with E-state index in [1.54, 1.807) is 24.1 Å². The number of carbonyl (C=O) groups is 1. The van der Waals surface area contributed by atoms with Crippen molar-refractivity contribution in [1.29, 1.82) is 0 Å². The highest BCUT2D eigenvalue weighted by Crippen LogP contribution is 2.10. The lowest BCUT2D eigenvalue weighted by atomic mass is 10.1. The molecule has 0 saturated heterocycles. The molecule has 1 N–H and O–H groups in total. The van der Waals surface area contributed by atoms with Crippen LogP contribution in [0.25, 0.3) is 0 Å². The van der Waals surface area contributed by atoms with Gasteiger partial charge in [-0.05, 0) is 17.7 Å². The number of likely N-dealkylation sites (N-methyl/N-ethyl adjacent to an activating group) is 1. The molecule has 6 heteroatoms. The summed E-state index contributed by atoms with van der Waals surface area (Å²) in [4.78, 5) is 17.5. The van der Waals surface area contributed by atoms with Crippen LogP contribution in [0, 0.1) is 0 Å². The summed E-state index contributed by atoms with van der Waals surface area (Å²) in [5, 5.41) is 7.13. The number of nitrogens with one attached hydrogen (secondary N) is 1. The average Bonchev–Trinajstić information content (AvgIpc) is 2.85. The summed E-state index contributed by atoms with van der Waals surface area (Å²) in [6.07, 6.45) is 1.77. The number of amides is 1. The van der Waals surface area contributed by atoms with Gasteiger partial charge in [0, 0.05) is 12.1 Å². The summed E-state index contributed by atoms with van der Waals surface area (Å²) in [6.45, 7) is 0.423. The number of hydrogen-bond acceptors (Lipinski definition) is 3. The Morgan fingerprint density at radius 1 is 1.39 bits per heavy atom. The summed E-state index contributed by atoms with van der Waals surface area (Å²) < 4.78 is 0. The molecule has 1 heterocycles. The highest BCUT2D eigenvalue weighted by molar-refractivity contribution is 6.30. The van der Waals surface area contributed by atoms with Crippen molar-refractivity contribution in [2.75, 3.05) is 7.05 Å². The molecule has 1 aromatic carbocycles. The molecule has 1 aromatic heterocycles. The molecule has 0 atom stereocenters. The third-order valence-corrected chi connectivity index (χ3v) is 2.80. The van der Waals surface area contributed by atoms with Gasteiger partial charge in [0.25, 0.3) is 0 Å². The topological polar surface area (TPSA) is 61.9 Å². The molecule has 0 saturated carbocycles. The molecule has 2 aromatic rings. The van der Waals surface area contributed by atoms with Gasteiger partial charge >= 0.3 is 0 Å². The fourth-order valence-corrected chi connectivity index (χ4v) is 1.66. The van der Waals surface area contributed by atoms with Crippen molar-refractivity contribution in [3.05, 3.63) is 47.0 Å². The van der Waals surface area contributed by atoms with E-state index in [9.17, 15) is 4.79 Å². The molecule has 0 aliphatic carbocycles. The molecule has 5 nitrogen and oxygen atoms in total. The number of rotatable bonds is 4. The van der Waals surface area contributed by atoms with Gasteiger partial charge in [0.1, 0.15) is 12.2 Å². The molecule has 18 heavy (non-hydrogen) atoms. The van der Waals surface area contributed by atoms with E-state index >= 15 is 0 Å². The number of halogens is 1. The minimum atomic E-state index is 0.0220. The Labute approximate surface area is 110 Å². The number of hydrogen-bond donors (Lipinski definition) is 1. The molecule has 0 unspecified atom stereocenters. The molecule has 0 aliphatic heterocycles. The van der Waals surface area contributed by atoms with E-state index in [1.807, 2.05) is 12.1 Å². The van der Waals surface area contributed by atoms with Crippen molar-refractivity contribution in [2.24, 2.45) is 0 Å². The SMILES string of the molecule is CN(Cc1ncn[nH]1)C(=O)Cc1ccc(Cl)cc1. The molecular weight excluding hydrogens is 252 g/mol. The zero-order valence-electron chi connectivity index (χ0n) is 9.93. The average molecular weight is 265 g/mol. The summed E-state index contributed by atoms with van der Waals surface area (Å²) in [7, 11) is 1.74. The van der Waals surface area contributed by atoms with E-state index in [0.717, 1.165) is 5.56 Å². The molecule has 0 spiro atoms. The quantitative estimate of drug-likeness (QED) is 0.914. The Hall–Kier alpha value is -1.88. The monoisotopic (exact) mass is 264 g/mol. The number of aromatic amines is 1. The number of aromatic nitrogens is 3. The number of benzene rings is 1. The standard InChI is InChI=1S/C12H13ClN4O/c1-17(7-11-14-8-15-16-11)12(18)6-9-2-4-10(13)5-3-9/h2-5,8H,6-7H2,1H3,(H,14,15,16). The third-order valence-electron chi connectivity index (χ3n) is 2.55. The fourth-order valence-electron chi connectivity index (χ4n) is 1.53. The van der Waals surface area contributed by atoms with Crippen LogP contribution < -0.4 is 0 Å². The zero-order chi connectivity index (χ0) is 13.0. The molecule has 0 fully saturated rings. The first-order valence-corrected chi connectivity index (χ1v) is 5.85. The van der Waals surface area contributed by atoms with E-state index in [-0.39, 0.29) is 5.91 Å². The smallest absolute Gasteiger partial charge is 0.227 e. The zero-order valence-corrected chi connectivity index (χ0v) is 10.7. The normalized spacial score (nSPS) is 10.3. The van der Waals surface area contributed by atoms with Crippen molar-refractivity contribution < 1.29 is 4.79 Å². The first-order valence-electron chi connectivity index (χ1n) is 5.48. The second kappa shape index (κ2) is 5.64. The van der Waals surface area contributed by atoms with Crippen LogP contribution in [0.2, 0.25) is 5.02 Å². The van der Waals surface area contributed by atoms with E-state index in [0.29, 0.717) is 23.8 Å². The van der Waals surface area contributed by atoms with Crippen LogP contribution in [-0.2, 0) is 17.8 Å². The second-order valence-electron chi connectivity index (χ2n) is 3.99. The molecule has 0 radical (unpaired) electrons. The summed E-state index contributed by atoms with van der Waals surface area (Å²) in [5.41, 5.74) is 0.939. The Kier molecular flexibility index (Phi) is 3.94. The minimum Gasteiger partial charge on any atom is -0.338 e. The number of H-pyrrole nitrogens is 1. The number of nitrogens with zero attached hydrogens (tertiary/aromatic N) is 3. The molecule has 94 valence electrons. The maximum atomic E-state index is 12.0. The predicted molar refractivity (Wildman–Crippen MR) is 68.0 cm³/mol. The lowest BCUT2D eigenvalue weighted by molar-refractivity contribution is -0.129. The Balaban J connectivity index is 1.93. The third kappa shape index (κ3) is 3.30. The maximum Gasteiger partial charge on any atom is 0.227 e. The van der Waals surface area contributed by atoms with E-state index in [1.165, 1.54) is 6.33 Å². The molecule has 2 rings (SSSR count).